The number of fused-ring (bicyclic) bond motifs is 1. The van der Waals surface area contributed by atoms with Gasteiger partial charge in [0.1, 0.15) is 0 Å². The van der Waals surface area contributed by atoms with Crippen molar-refractivity contribution >= 4 is 17.2 Å². The number of hydrogen-bond acceptors (Lipinski definition) is 3. The summed E-state index contributed by atoms with van der Waals surface area (Å²) in [6.07, 6.45) is 4.10. The fourth-order valence-corrected chi connectivity index (χ4v) is 2.20. The van der Waals surface area contributed by atoms with E-state index in [9.17, 15) is 17.6 Å². The second kappa shape index (κ2) is 5.45. The fraction of sp³-hybridized carbons (Fsp3) is 0.0769. The lowest BCUT2D eigenvalue weighted by Crippen LogP contribution is -2.05. The van der Waals surface area contributed by atoms with E-state index in [-0.39, 0.29) is 22.1 Å². The second-order valence-corrected chi connectivity index (χ2v) is 4.53. The number of rotatable bonds is 3. The summed E-state index contributed by atoms with van der Waals surface area (Å²) in [6, 6.07) is 2.04. The Morgan fingerprint density at radius 2 is 1.91 bits per heavy atom. The average molecular weight is 332 g/mol. The first-order chi connectivity index (χ1) is 10.5. The Morgan fingerprint density at radius 1 is 1.14 bits per heavy atom. The van der Waals surface area contributed by atoms with E-state index in [1.165, 1.54) is 23.0 Å². The largest absolute Gasteiger partial charge is 0.432 e. The highest BCUT2D eigenvalue weighted by atomic mass is 35.5. The van der Waals surface area contributed by atoms with Gasteiger partial charge in [0, 0.05) is 18.0 Å². The Balaban J connectivity index is 2.15. The minimum atomic E-state index is -3.25. The molecular formula is C13H6ClF4N3O. The average Bonchev–Trinajstić information content (AvgIpc) is 2.89. The Hall–Kier alpha value is -2.35. The van der Waals surface area contributed by atoms with Gasteiger partial charge < -0.3 is 4.74 Å². The molecule has 22 heavy (non-hydrogen) atoms. The predicted molar refractivity (Wildman–Crippen MR) is 70.0 cm³/mol. The third-order valence-electron chi connectivity index (χ3n) is 2.92. The summed E-state index contributed by atoms with van der Waals surface area (Å²) in [7, 11) is 0. The van der Waals surface area contributed by atoms with Crippen molar-refractivity contribution in [2.75, 3.05) is 0 Å². The third-order valence-corrected chi connectivity index (χ3v) is 3.19. The number of halogens is 5. The molecule has 0 radical (unpaired) electrons. The monoisotopic (exact) mass is 331 g/mol. The summed E-state index contributed by atoms with van der Waals surface area (Å²) in [5.74, 6) is -3.70. The standard InChI is InChI=1S/C13H6ClF4N3O/c14-11-12-20-5-7(21(12)4-3-19-11)6-1-2-8(22-13(17)18)10(16)9(6)15/h1-5,13H. The summed E-state index contributed by atoms with van der Waals surface area (Å²) in [4.78, 5) is 7.78. The van der Waals surface area contributed by atoms with Gasteiger partial charge in [-0.2, -0.15) is 13.2 Å². The SMILES string of the molecule is Fc1c(OC(F)F)ccc(-c2cnc3c(Cl)nccn23)c1F. The molecule has 0 atom stereocenters. The minimum absolute atomic E-state index is 0.0901. The van der Waals surface area contributed by atoms with Crippen LogP contribution in [0.3, 0.4) is 0 Å². The molecule has 3 aromatic rings. The van der Waals surface area contributed by atoms with Gasteiger partial charge in [-0.1, -0.05) is 11.6 Å². The highest BCUT2D eigenvalue weighted by Crippen LogP contribution is 2.31. The molecule has 1 aromatic carbocycles. The molecule has 2 aromatic heterocycles. The topological polar surface area (TPSA) is 39.4 Å². The molecule has 0 spiro atoms. The van der Waals surface area contributed by atoms with Gasteiger partial charge in [-0.05, 0) is 12.1 Å². The van der Waals surface area contributed by atoms with Gasteiger partial charge in [0.25, 0.3) is 0 Å². The van der Waals surface area contributed by atoms with Crippen molar-refractivity contribution in [2.24, 2.45) is 0 Å². The van der Waals surface area contributed by atoms with E-state index in [4.69, 9.17) is 11.6 Å². The Kier molecular flexibility index (Phi) is 3.61. The molecule has 114 valence electrons. The quantitative estimate of drug-likeness (QED) is 0.683. The van der Waals surface area contributed by atoms with Crippen molar-refractivity contribution in [2.45, 2.75) is 6.61 Å². The molecule has 0 saturated heterocycles. The van der Waals surface area contributed by atoms with Crippen LogP contribution in [0.5, 0.6) is 5.75 Å². The fourth-order valence-electron chi connectivity index (χ4n) is 2.00. The number of hydrogen-bond donors (Lipinski definition) is 0. The Bertz CT molecular complexity index is 853. The first-order valence-electron chi connectivity index (χ1n) is 5.89. The van der Waals surface area contributed by atoms with Crippen LogP contribution in [0, 0.1) is 11.6 Å². The molecule has 0 unspecified atom stereocenters. The van der Waals surface area contributed by atoms with Crippen molar-refractivity contribution in [3.05, 3.63) is 47.5 Å². The zero-order valence-corrected chi connectivity index (χ0v) is 11.4. The van der Waals surface area contributed by atoms with E-state index >= 15 is 0 Å². The van der Waals surface area contributed by atoms with Gasteiger partial charge in [-0.3, -0.25) is 4.40 Å². The maximum absolute atomic E-state index is 14.1. The molecular weight excluding hydrogens is 326 g/mol. The van der Waals surface area contributed by atoms with Crippen LogP contribution in [-0.2, 0) is 0 Å². The molecule has 0 fully saturated rings. The van der Waals surface area contributed by atoms with Crippen LogP contribution in [0.2, 0.25) is 5.15 Å². The summed E-state index contributed by atoms with van der Waals surface area (Å²) in [5, 5.41) is 0.0901. The molecule has 0 bridgehead atoms. The lowest BCUT2D eigenvalue weighted by atomic mass is 10.1. The summed E-state index contributed by atoms with van der Waals surface area (Å²) in [6.45, 7) is -3.25. The molecule has 0 aliphatic rings. The van der Waals surface area contributed by atoms with Crippen LogP contribution < -0.4 is 4.74 Å². The number of nitrogens with zero attached hydrogens (tertiary/aromatic N) is 3. The number of aromatic nitrogens is 3. The number of imidazole rings is 1. The normalized spacial score (nSPS) is 11.4. The van der Waals surface area contributed by atoms with Gasteiger partial charge in [-0.15, -0.1) is 0 Å². The predicted octanol–water partition coefficient (Wildman–Crippen LogP) is 3.93. The van der Waals surface area contributed by atoms with E-state index in [2.05, 4.69) is 14.7 Å². The minimum Gasteiger partial charge on any atom is -0.432 e. The molecule has 4 nitrogen and oxygen atoms in total. The zero-order valence-electron chi connectivity index (χ0n) is 10.6. The van der Waals surface area contributed by atoms with Crippen molar-refractivity contribution in [3.8, 4) is 17.0 Å². The first kappa shape index (κ1) is 14.6. The summed E-state index contributed by atoms with van der Waals surface area (Å²) in [5.41, 5.74) is 0.278. The van der Waals surface area contributed by atoms with Gasteiger partial charge in [-0.25, -0.2) is 14.4 Å². The molecule has 0 N–H and O–H groups in total. The maximum Gasteiger partial charge on any atom is 0.387 e. The number of ether oxygens (including phenoxy) is 1. The van der Waals surface area contributed by atoms with Gasteiger partial charge >= 0.3 is 6.61 Å². The Morgan fingerprint density at radius 3 is 2.64 bits per heavy atom. The molecule has 0 amide bonds. The smallest absolute Gasteiger partial charge is 0.387 e. The highest BCUT2D eigenvalue weighted by molar-refractivity contribution is 6.32. The van der Waals surface area contributed by atoms with E-state index < -0.39 is 24.0 Å². The maximum atomic E-state index is 14.1. The zero-order chi connectivity index (χ0) is 15.9. The summed E-state index contributed by atoms with van der Waals surface area (Å²) >= 11 is 5.85. The molecule has 3 rings (SSSR count). The second-order valence-electron chi connectivity index (χ2n) is 4.17. The molecule has 0 aliphatic heterocycles. The molecule has 0 saturated carbocycles. The number of benzene rings is 1. The van der Waals surface area contributed by atoms with Crippen molar-refractivity contribution in [1.29, 1.82) is 0 Å². The lowest BCUT2D eigenvalue weighted by molar-refractivity contribution is -0.0525. The van der Waals surface area contributed by atoms with E-state index in [0.29, 0.717) is 0 Å². The van der Waals surface area contributed by atoms with Gasteiger partial charge in [0.2, 0.25) is 5.82 Å². The third kappa shape index (κ3) is 2.35. The first-order valence-corrected chi connectivity index (χ1v) is 6.27. The van der Waals surface area contributed by atoms with E-state index in [0.717, 1.165) is 12.1 Å². The van der Waals surface area contributed by atoms with Gasteiger partial charge in [0.15, 0.2) is 22.4 Å². The highest BCUT2D eigenvalue weighted by Gasteiger charge is 2.20. The van der Waals surface area contributed by atoms with Gasteiger partial charge in [0.05, 0.1) is 11.9 Å². The van der Waals surface area contributed by atoms with Crippen molar-refractivity contribution in [1.82, 2.24) is 14.4 Å². The van der Waals surface area contributed by atoms with Crippen LogP contribution in [0.4, 0.5) is 17.6 Å². The van der Waals surface area contributed by atoms with Crippen molar-refractivity contribution in [3.63, 3.8) is 0 Å². The van der Waals surface area contributed by atoms with Crippen LogP contribution >= 0.6 is 11.6 Å². The molecule has 9 heteroatoms. The van der Waals surface area contributed by atoms with Crippen LogP contribution in [0.25, 0.3) is 16.9 Å². The summed E-state index contributed by atoms with van der Waals surface area (Å²) < 4.78 is 57.4. The van der Waals surface area contributed by atoms with Crippen LogP contribution in [0.15, 0.2) is 30.7 Å². The Labute approximate surface area is 125 Å². The van der Waals surface area contributed by atoms with E-state index in [1.54, 1.807) is 0 Å². The number of alkyl halides is 2. The van der Waals surface area contributed by atoms with Crippen LogP contribution in [-0.4, -0.2) is 21.0 Å². The van der Waals surface area contributed by atoms with Crippen LogP contribution in [0.1, 0.15) is 0 Å². The lowest BCUT2D eigenvalue weighted by Gasteiger charge is -2.09. The molecule has 0 aliphatic carbocycles. The van der Waals surface area contributed by atoms with E-state index in [1.807, 2.05) is 0 Å². The molecule has 2 heterocycles. The van der Waals surface area contributed by atoms with Crippen molar-refractivity contribution < 1.29 is 22.3 Å².